The summed E-state index contributed by atoms with van der Waals surface area (Å²) in [4.78, 5) is 0. The standard InChI is InChI=1S/C4H6OS2/c1-2-3(5)4(6)7/h2-3,5H,1H2,(H,6,7). The first-order valence-electron chi connectivity index (χ1n) is 1.72. The highest BCUT2D eigenvalue weighted by atomic mass is 32.1. The van der Waals surface area contributed by atoms with Gasteiger partial charge in [-0.05, 0) is 0 Å². The normalized spacial score (nSPS) is 12.9. The molecule has 0 spiro atoms. The van der Waals surface area contributed by atoms with E-state index in [-0.39, 0.29) is 4.20 Å². The molecule has 0 radical (unpaired) electrons. The Morgan fingerprint density at radius 3 is 2.43 bits per heavy atom. The average molecular weight is 134 g/mol. The van der Waals surface area contributed by atoms with Crippen LogP contribution in [0.1, 0.15) is 0 Å². The minimum Gasteiger partial charge on any atom is -0.383 e. The number of hydrogen-bond acceptors (Lipinski definition) is 2. The van der Waals surface area contributed by atoms with Gasteiger partial charge in [0, 0.05) is 0 Å². The molecular formula is C4H6OS2. The Balaban J connectivity index is 3.55. The molecule has 0 heterocycles. The second-order valence-electron chi connectivity index (χ2n) is 1.02. The van der Waals surface area contributed by atoms with Gasteiger partial charge in [0.05, 0.1) is 4.20 Å². The van der Waals surface area contributed by atoms with Crippen LogP contribution in [0.4, 0.5) is 0 Å². The SMILES string of the molecule is C=CC(O)C(=S)S. The Morgan fingerprint density at radius 1 is 2.00 bits per heavy atom. The van der Waals surface area contributed by atoms with Crippen LogP contribution in [-0.4, -0.2) is 15.4 Å². The molecule has 0 aliphatic carbocycles. The van der Waals surface area contributed by atoms with E-state index >= 15 is 0 Å². The summed E-state index contributed by atoms with van der Waals surface area (Å²) in [6.07, 6.45) is 0.591. The van der Waals surface area contributed by atoms with E-state index in [0.29, 0.717) is 0 Å². The van der Waals surface area contributed by atoms with Crippen molar-refractivity contribution >= 4 is 29.0 Å². The van der Waals surface area contributed by atoms with E-state index in [1.54, 1.807) is 0 Å². The molecule has 40 valence electrons. The van der Waals surface area contributed by atoms with Crippen molar-refractivity contribution in [3.63, 3.8) is 0 Å². The topological polar surface area (TPSA) is 20.2 Å². The van der Waals surface area contributed by atoms with E-state index in [2.05, 4.69) is 31.4 Å². The van der Waals surface area contributed by atoms with Crippen LogP contribution in [0.15, 0.2) is 12.7 Å². The van der Waals surface area contributed by atoms with Crippen LogP contribution < -0.4 is 0 Å². The fourth-order valence-electron chi connectivity index (χ4n) is 0.101. The molecule has 1 unspecified atom stereocenters. The number of thiol groups is 1. The smallest absolute Gasteiger partial charge is 0.113 e. The largest absolute Gasteiger partial charge is 0.383 e. The summed E-state index contributed by atoms with van der Waals surface area (Å²) < 4.78 is 0.259. The highest BCUT2D eigenvalue weighted by molar-refractivity contribution is 8.11. The van der Waals surface area contributed by atoms with E-state index in [1.807, 2.05) is 0 Å². The van der Waals surface area contributed by atoms with Crippen molar-refractivity contribution in [3.8, 4) is 0 Å². The van der Waals surface area contributed by atoms with Crippen molar-refractivity contribution < 1.29 is 5.11 Å². The minimum absolute atomic E-state index is 0.259. The van der Waals surface area contributed by atoms with E-state index in [1.165, 1.54) is 6.08 Å². The minimum atomic E-state index is -0.738. The highest BCUT2D eigenvalue weighted by Crippen LogP contribution is 1.92. The summed E-state index contributed by atoms with van der Waals surface area (Å²) in [7, 11) is 0. The molecule has 1 N–H and O–H groups in total. The Labute approximate surface area is 53.5 Å². The summed E-state index contributed by atoms with van der Waals surface area (Å²) in [6, 6.07) is 0. The molecule has 1 nitrogen and oxygen atoms in total. The van der Waals surface area contributed by atoms with Crippen molar-refractivity contribution in [2.45, 2.75) is 6.10 Å². The lowest BCUT2D eigenvalue weighted by Gasteiger charge is -1.96. The van der Waals surface area contributed by atoms with E-state index < -0.39 is 6.10 Å². The van der Waals surface area contributed by atoms with E-state index in [9.17, 15) is 0 Å². The second-order valence-corrected chi connectivity index (χ2v) is 2.24. The second kappa shape index (κ2) is 3.18. The first-order valence-corrected chi connectivity index (χ1v) is 2.57. The molecule has 3 heteroatoms. The Morgan fingerprint density at radius 2 is 2.43 bits per heavy atom. The molecule has 0 fully saturated rings. The lowest BCUT2D eigenvalue weighted by molar-refractivity contribution is 0.295. The maximum atomic E-state index is 8.60. The lowest BCUT2D eigenvalue weighted by Crippen LogP contribution is -2.07. The van der Waals surface area contributed by atoms with Gasteiger partial charge in [0.15, 0.2) is 0 Å². The van der Waals surface area contributed by atoms with Gasteiger partial charge in [-0.1, -0.05) is 18.3 Å². The third kappa shape index (κ3) is 2.79. The first kappa shape index (κ1) is 7.14. The fraction of sp³-hybridized carbons (Fsp3) is 0.250. The summed E-state index contributed by atoms with van der Waals surface area (Å²) in [6.45, 7) is 3.30. The van der Waals surface area contributed by atoms with Crippen LogP contribution in [0.25, 0.3) is 0 Å². The molecule has 0 saturated heterocycles. The molecule has 0 aromatic heterocycles. The van der Waals surface area contributed by atoms with Crippen LogP contribution in [-0.2, 0) is 0 Å². The molecule has 7 heavy (non-hydrogen) atoms. The first-order chi connectivity index (χ1) is 3.18. The van der Waals surface area contributed by atoms with Crippen LogP contribution in [0, 0.1) is 0 Å². The van der Waals surface area contributed by atoms with Gasteiger partial charge in [0.1, 0.15) is 6.10 Å². The maximum Gasteiger partial charge on any atom is 0.113 e. The Hall–Kier alpha value is 0.140. The number of aliphatic hydroxyl groups is 1. The molecule has 1 atom stereocenters. The summed E-state index contributed by atoms with van der Waals surface area (Å²) in [5, 5.41) is 8.60. The van der Waals surface area contributed by atoms with Gasteiger partial charge in [0.25, 0.3) is 0 Å². The van der Waals surface area contributed by atoms with Crippen molar-refractivity contribution in [1.29, 1.82) is 0 Å². The predicted molar refractivity (Wildman–Crippen MR) is 37.8 cm³/mol. The quantitative estimate of drug-likeness (QED) is 0.331. The van der Waals surface area contributed by atoms with Crippen LogP contribution in [0.3, 0.4) is 0 Å². The summed E-state index contributed by atoms with van der Waals surface area (Å²) in [5.74, 6) is 0. The lowest BCUT2D eigenvalue weighted by atomic mass is 10.4. The van der Waals surface area contributed by atoms with Gasteiger partial charge in [-0.15, -0.1) is 19.2 Å². The van der Waals surface area contributed by atoms with Gasteiger partial charge in [0.2, 0.25) is 0 Å². The van der Waals surface area contributed by atoms with Gasteiger partial charge in [-0.3, -0.25) is 0 Å². The molecule has 0 bridgehead atoms. The van der Waals surface area contributed by atoms with Gasteiger partial charge >= 0.3 is 0 Å². The monoisotopic (exact) mass is 134 g/mol. The van der Waals surface area contributed by atoms with Crippen molar-refractivity contribution in [2.75, 3.05) is 0 Å². The summed E-state index contributed by atoms with van der Waals surface area (Å²) >= 11 is 8.14. The van der Waals surface area contributed by atoms with E-state index in [0.717, 1.165) is 0 Å². The maximum absolute atomic E-state index is 8.60. The molecule has 0 aliphatic rings. The molecular weight excluding hydrogens is 128 g/mol. The average Bonchev–Trinajstić information content (AvgIpc) is 1.65. The molecule has 0 saturated carbocycles. The van der Waals surface area contributed by atoms with Crippen LogP contribution in [0.2, 0.25) is 0 Å². The molecule has 0 aromatic rings. The zero-order valence-corrected chi connectivity index (χ0v) is 5.38. The van der Waals surface area contributed by atoms with E-state index in [4.69, 9.17) is 5.11 Å². The van der Waals surface area contributed by atoms with Gasteiger partial charge in [-0.2, -0.15) is 0 Å². The van der Waals surface area contributed by atoms with Crippen molar-refractivity contribution in [3.05, 3.63) is 12.7 Å². The third-order valence-electron chi connectivity index (χ3n) is 0.476. The van der Waals surface area contributed by atoms with Gasteiger partial charge < -0.3 is 5.11 Å². The van der Waals surface area contributed by atoms with Crippen LogP contribution in [0.5, 0.6) is 0 Å². The number of hydrogen-bond donors (Lipinski definition) is 2. The zero-order chi connectivity index (χ0) is 5.86. The number of rotatable bonds is 2. The number of aliphatic hydroxyl groups excluding tert-OH is 1. The fourth-order valence-corrected chi connectivity index (χ4v) is 0.302. The predicted octanol–water partition coefficient (Wildman–Crippen LogP) is 0.790. The molecule has 0 aromatic carbocycles. The highest BCUT2D eigenvalue weighted by Gasteiger charge is 1.96. The molecule has 0 rings (SSSR count). The summed E-state index contributed by atoms with van der Waals surface area (Å²) in [5.41, 5.74) is 0. The van der Waals surface area contributed by atoms with Crippen LogP contribution >= 0.6 is 24.8 Å². The number of thiocarbonyl (C=S) groups is 1. The Bertz CT molecular complexity index is 89.7. The zero-order valence-electron chi connectivity index (χ0n) is 3.66. The molecule has 0 amide bonds. The Kier molecular flexibility index (Phi) is 3.25. The molecule has 0 aliphatic heterocycles. The van der Waals surface area contributed by atoms with Crippen molar-refractivity contribution in [2.24, 2.45) is 0 Å². The third-order valence-corrected chi connectivity index (χ3v) is 0.982. The van der Waals surface area contributed by atoms with Crippen molar-refractivity contribution in [1.82, 2.24) is 0 Å². The van der Waals surface area contributed by atoms with Gasteiger partial charge in [-0.25, -0.2) is 0 Å².